The van der Waals surface area contributed by atoms with Gasteiger partial charge in [-0.05, 0) is 25.5 Å². The van der Waals surface area contributed by atoms with Crippen molar-refractivity contribution >= 4 is 29.1 Å². The van der Waals surface area contributed by atoms with Crippen LogP contribution in [0.5, 0.6) is 0 Å². The van der Waals surface area contributed by atoms with E-state index in [0.717, 1.165) is 42.4 Å². The van der Waals surface area contributed by atoms with Gasteiger partial charge in [-0.15, -0.1) is 11.8 Å². The maximum atomic E-state index is 11.2. The summed E-state index contributed by atoms with van der Waals surface area (Å²) in [5, 5.41) is 20.1. The molecule has 23 heavy (non-hydrogen) atoms. The molecule has 1 fully saturated rings. The monoisotopic (exact) mass is 337 g/mol. The fraction of sp³-hybridized carbons (Fsp3) is 0.533. The lowest BCUT2D eigenvalue weighted by molar-refractivity contribution is -0.385. The Hall–Kier alpha value is -1.80. The van der Waals surface area contributed by atoms with Gasteiger partial charge in [0.2, 0.25) is 0 Å². The van der Waals surface area contributed by atoms with E-state index in [0.29, 0.717) is 13.0 Å². The van der Waals surface area contributed by atoms with Crippen LogP contribution in [0.1, 0.15) is 12.8 Å². The molecule has 3 rings (SSSR count). The average Bonchev–Trinajstić information content (AvgIpc) is 3.01. The molecule has 0 radical (unpaired) electrons. The highest BCUT2D eigenvalue weighted by Gasteiger charge is 2.30. The molecule has 1 aromatic carbocycles. The predicted molar refractivity (Wildman–Crippen MR) is 88.3 cm³/mol. The van der Waals surface area contributed by atoms with Crippen LogP contribution in [0, 0.1) is 10.1 Å². The second-order valence-corrected chi connectivity index (χ2v) is 6.91. The van der Waals surface area contributed by atoms with Crippen molar-refractivity contribution in [2.45, 2.75) is 23.8 Å². The molecule has 0 unspecified atom stereocenters. The molecule has 0 amide bonds. The van der Waals surface area contributed by atoms with Crippen molar-refractivity contribution in [3.05, 3.63) is 28.3 Å². The predicted octanol–water partition coefficient (Wildman–Crippen LogP) is 2.06. The number of carboxylic acid groups (broad SMARTS) is 1. The van der Waals surface area contributed by atoms with Gasteiger partial charge in [0, 0.05) is 42.4 Å². The average molecular weight is 337 g/mol. The van der Waals surface area contributed by atoms with E-state index in [1.165, 1.54) is 6.07 Å². The number of nitro groups is 1. The van der Waals surface area contributed by atoms with Crippen LogP contribution in [0.4, 0.5) is 11.4 Å². The van der Waals surface area contributed by atoms with Gasteiger partial charge in [0.25, 0.3) is 5.69 Å². The molecule has 0 aromatic heterocycles. The van der Waals surface area contributed by atoms with E-state index < -0.39 is 5.97 Å². The zero-order chi connectivity index (χ0) is 16.4. The summed E-state index contributed by atoms with van der Waals surface area (Å²) < 4.78 is 0. The molecule has 1 aromatic rings. The van der Waals surface area contributed by atoms with E-state index in [2.05, 4.69) is 4.90 Å². The van der Waals surface area contributed by atoms with Crippen LogP contribution in [0.25, 0.3) is 0 Å². The van der Waals surface area contributed by atoms with E-state index in [1.54, 1.807) is 23.9 Å². The molecule has 0 spiro atoms. The van der Waals surface area contributed by atoms with Gasteiger partial charge in [0.15, 0.2) is 0 Å². The minimum atomic E-state index is -0.743. The number of hydrogen-bond acceptors (Lipinski definition) is 6. The maximum Gasteiger partial charge on any atom is 0.320 e. The number of carboxylic acids is 1. The van der Waals surface area contributed by atoms with E-state index in [4.69, 9.17) is 0 Å². The summed E-state index contributed by atoms with van der Waals surface area (Å²) in [5.41, 5.74) is 1.13. The molecule has 0 saturated carbocycles. The van der Waals surface area contributed by atoms with Gasteiger partial charge in [-0.3, -0.25) is 19.8 Å². The summed E-state index contributed by atoms with van der Waals surface area (Å²) in [6.45, 7) is 3.15. The highest BCUT2D eigenvalue weighted by molar-refractivity contribution is 7.99. The highest BCUT2D eigenvalue weighted by atomic mass is 32.2. The Balaban J connectivity index is 1.69. The summed E-state index contributed by atoms with van der Waals surface area (Å²) in [6.07, 6.45) is 1.64. The largest absolute Gasteiger partial charge is 0.480 e. The molecule has 2 heterocycles. The minimum absolute atomic E-state index is 0.114. The van der Waals surface area contributed by atoms with Crippen molar-refractivity contribution in [1.29, 1.82) is 0 Å². The zero-order valence-electron chi connectivity index (χ0n) is 12.7. The fourth-order valence-electron chi connectivity index (χ4n) is 3.23. The smallest absolute Gasteiger partial charge is 0.320 e. The summed E-state index contributed by atoms with van der Waals surface area (Å²) in [6, 6.07) is 4.60. The highest BCUT2D eigenvalue weighted by Crippen LogP contribution is 2.37. The number of nitrogens with zero attached hydrogens (tertiary/aromatic N) is 3. The van der Waals surface area contributed by atoms with Gasteiger partial charge in [0.05, 0.1) is 10.6 Å². The van der Waals surface area contributed by atoms with E-state index in [-0.39, 0.29) is 16.7 Å². The second-order valence-electron chi connectivity index (χ2n) is 5.78. The summed E-state index contributed by atoms with van der Waals surface area (Å²) in [5.74, 6) is 0.143. The zero-order valence-corrected chi connectivity index (χ0v) is 13.5. The first-order chi connectivity index (χ1) is 11.1. The summed E-state index contributed by atoms with van der Waals surface area (Å²) >= 11 is 1.63. The minimum Gasteiger partial charge on any atom is -0.480 e. The molecular weight excluding hydrogens is 318 g/mol. The van der Waals surface area contributed by atoms with Crippen molar-refractivity contribution in [2.75, 3.05) is 36.8 Å². The van der Waals surface area contributed by atoms with Crippen LogP contribution in [-0.4, -0.2) is 58.9 Å². The number of non-ortho nitro benzene ring substituents is 1. The van der Waals surface area contributed by atoms with E-state index in [9.17, 15) is 20.0 Å². The van der Waals surface area contributed by atoms with Crippen LogP contribution in [0.15, 0.2) is 23.1 Å². The molecule has 2 aliphatic rings. The third-order valence-electron chi connectivity index (χ3n) is 4.42. The number of thioether (sulfide) groups is 1. The molecule has 2 aliphatic heterocycles. The maximum absolute atomic E-state index is 11.2. The molecular formula is C15H19N3O4S. The molecule has 1 saturated heterocycles. The lowest BCUT2D eigenvalue weighted by Gasteiger charge is -2.32. The number of carbonyl (C=O) groups is 1. The van der Waals surface area contributed by atoms with Crippen LogP contribution in [0.3, 0.4) is 0 Å². The van der Waals surface area contributed by atoms with Crippen LogP contribution >= 0.6 is 11.8 Å². The van der Waals surface area contributed by atoms with Crippen molar-refractivity contribution in [3.63, 3.8) is 0 Å². The number of fused-ring (bicyclic) bond motifs is 1. The quantitative estimate of drug-likeness (QED) is 0.650. The Morgan fingerprint density at radius 3 is 2.96 bits per heavy atom. The summed E-state index contributed by atoms with van der Waals surface area (Å²) in [7, 11) is 0. The van der Waals surface area contributed by atoms with Crippen molar-refractivity contribution < 1.29 is 14.8 Å². The first-order valence-corrected chi connectivity index (χ1v) is 8.68. The molecule has 124 valence electrons. The number of aliphatic carboxylic acids is 1. The lowest BCUT2D eigenvalue weighted by atomic mass is 10.2. The summed E-state index contributed by atoms with van der Waals surface area (Å²) in [4.78, 5) is 26.9. The Morgan fingerprint density at radius 1 is 1.39 bits per heavy atom. The SMILES string of the molecule is O=C(O)[C@@H]1CCCN1CCN1CCSc2cc([N+](=O)[O-])ccc21. The topological polar surface area (TPSA) is 86.9 Å². The second kappa shape index (κ2) is 6.76. The van der Waals surface area contributed by atoms with Gasteiger partial charge in [-0.25, -0.2) is 0 Å². The van der Waals surface area contributed by atoms with Gasteiger partial charge >= 0.3 is 5.97 Å². The Bertz CT molecular complexity index is 625. The van der Waals surface area contributed by atoms with E-state index >= 15 is 0 Å². The Labute approximate surface area is 138 Å². The van der Waals surface area contributed by atoms with Crippen molar-refractivity contribution in [3.8, 4) is 0 Å². The Kier molecular flexibility index (Phi) is 4.72. The molecule has 0 bridgehead atoms. The number of rotatable bonds is 5. The fourth-order valence-corrected chi connectivity index (χ4v) is 4.32. The molecule has 1 N–H and O–H groups in total. The first kappa shape index (κ1) is 16.1. The number of benzene rings is 1. The van der Waals surface area contributed by atoms with Gasteiger partial charge in [0.1, 0.15) is 6.04 Å². The third-order valence-corrected chi connectivity index (χ3v) is 5.44. The van der Waals surface area contributed by atoms with Gasteiger partial charge in [-0.2, -0.15) is 0 Å². The third kappa shape index (κ3) is 3.42. The van der Waals surface area contributed by atoms with Gasteiger partial charge in [-0.1, -0.05) is 0 Å². The molecule has 8 heteroatoms. The molecule has 7 nitrogen and oxygen atoms in total. The normalized spacial score (nSPS) is 21.2. The van der Waals surface area contributed by atoms with Gasteiger partial charge < -0.3 is 10.0 Å². The molecule has 0 aliphatic carbocycles. The number of hydrogen-bond donors (Lipinski definition) is 1. The first-order valence-electron chi connectivity index (χ1n) is 7.69. The van der Waals surface area contributed by atoms with Crippen LogP contribution < -0.4 is 4.90 Å². The van der Waals surface area contributed by atoms with Crippen LogP contribution in [-0.2, 0) is 4.79 Å². The van der Waals surface area contributed by atoms with E-state index in [1.807, 2.05) is 4.90 Å². The number of likely N-dealkylation sites (tertiary alicyclic amines) is 1. The molecule has 1 atom stereocenters. The number of nitro benzene ring substituents is 1. The number of anilines is 1. The Morgan fingerprint density at radius 2 is 2.22 bits per heavy atom. The standard InChI is InChI=1S/C15H19N3O4S/c19-15(20)13-2-1-5-16(13)6-7-17-8-9-23-14-10-11(18(21)22)3-4-12(14)17/h3-4,10,13H,1-2,5-9H2,(H,19,20)/t13-/m0/s1. The lowest BCUT2D eigenvalue weighted by Crippen LogP contribution is -2.42. The van der Waals surface area contributed by atoms with Crippen molar-refractivity contribution in [1.82, 2.24) is 4.90 Å². The van der Waals surface area contributed by atoms with Crippen molar-refractivity contribution in [2.24, 2.45) is 0 Å². The van der Waals surface area contributed by atoms with Crippen LogP contribution in [0.2, 0.25) is 0 Å².